The molecule has 1 unspecified atom stereocenters. The van der Waals surface area contributed by atoms with Crippen molar-refractivity contribution < 1.29 is 14.8 Å². The van der Waals surface area contributed by atoms with Gasteiger partial charge in [0.15, 0.2) is 5.84 Å². The van der Waals surface area contributed by atoms with Gasteiger partial charge in [0, 0.05) is 20.0 Å². The number of nitrogens with one attached hydrogen (secondary N) is 2. The van der Waals surface area contributed by atoms with Crippen LogP contribution in [0.5, 0.6) is 0 Å². The van der Waals surface area contributed by atoms with Crippen LogP contribution in [0.4, 0.5) is 0 Å². The van der Waals surface area contributed by atoms with Gasteiger partial charge in [-0.2, -0.15) is 0 Å². The summed E-state index contributed by atoms with van der Waals surface area (Å²) in [4.78, 5) is 21.8. The van der Waals surface area contributed by atoms with E-state index in [-0.39, 0.29) is 17.6 Å². The second-order valence-electron chi connectivity index (χ2n) is 3.02. The lowest BCUT2D eigenvalue weighted by Crippen LogP contribution is -2.40. The Bertz CT molecular complexity index is 265. The highest BCUT2D eigenvalue weighted by atomic mass is 16.4. The number of hydrogen-bond acceptors (Lipinski definition) is 4. The topological polar surface area (TPSA) is 117 Å². The fourth-order valence-electron chi connectivity index (χ4n) is 0.798. The van der Waals surface area contributed by atoms with E-state index in [0.717, 1.165) is 0 Å². The molecule has 0 heterocycles. The van der Waals surface area contributed by atoms with Crippen molar-refractivity contribution in [3.63, 3.8) is 0 Å². The molecule has 0 aliphatic rings. The van der Waals surface area contributed by atoms with Gasteiger partial charge in [-0.3, -0.25) is 9.59 Å². The molecule has 15 heavy (non-hydrogen) atoms. The maximum Gasteiger partial charge on any atom is 0.230 e. The predicted molar refractivity (Wildman–Crippen MR) is 54.3 cm³/mol. The van der Waals surface area contributed by atoms with Crippen molar-refractivity contribution >= 4 is 17.6 Å². The highest BCUT2D eigenvalue weighted by Crippen LogP contribution is 1.93. The summed E-state index contributed by atoms with van der Waals surface area (Å²) in [6.45, 7) is 3.56. The molecule has 7 heteroatoms. The third-order valence-electron chi connectivity index (χ3n) is 1.75. The fraction of sp³-hybridized carbons (Fsp3) is 0.625. The summed E-state index contributed by atoms with van der Waals surface area (Å²) in [5.74, 6) is -1.34. The molecule has 86 valence electrons. The maximum absolute atomic E-state index is 11.3. The molecule has 0 aromatic rings. The first-order valence-corrected chi connectivity index (χ1v) is 4.48. The number of rotatable bonds is 5. The van der Waals surface area contributed by atoms with E-state index < -0.39 is 5.92 Å². The number of hydrogen-bond donors (Lipinski definition) is 4. The van der Waals surface area contributed by atoms with Gasteiger partial charge in [0.05, 0.1) is 5.92 Å². The molecule has 0 fully saturated rings. The number of nitrogens with zero attached hydrogens (tertiary/aromatic N) is 1. The number of nitrogens with two attached hydrogens (primary N) is 1. The van der Waals surface area contributed by atoms with Crippen LogP contribution in [0, 0.1) is 5.92 Å². The quantitative estimate of drug-likeness (QED) is 0.149. The normalized spacial score (nSPS) is 13.1. The van der Waals surface area contributed by atoms with Crippen LogP contribution in [0.2, 0.25) is 0 Å². The summed E-state index contributed by atoms with van der Waals surface area (Å²) in [6.07, 6.45) is 0. The van der Waals surface area contributed by atoms with Crippen LogP contribution in [0.15, 0.2) is 5.16 Å². The summed E-state index contributed by atoms with van der Waals surface area (Å²) in [7, 11) is 0. The minimum atomic E-state index is -0.688. The summed E-state index contributed by atoms with van der Waals surface area (Å²) >= 11 is 0. The van der Waals surface area contributed by atoms with Gasteiger partial charge in [0.25, 0.3) is 0 Å². The molecule has 7 nitrogen and oxygen atoms in total. The van der Waals surface area contributed by atoms with Crippen molar-refractivity contribution in [2.45, 2.75) is 13.8 Å². The Hall–Kier alpha value is -1.79. The molecule has 0 saturated heterocycles. The average Bonchev–Trinajstić information content (AvgIpc) is 2.21. The van der Waals surface area contributed by atoms with Crippen LogP contribution >= 0.6 is 0 Å². The first-order chi connectivity index (χ1) is 6.99. The minimum Gasteiger partial charge on any atom is -0.409 e. The van der Waals surface area contributed by atoms with E-state index in [1.807, 2.05) is 0 Å². The van der Waals surface area contributed by atoms with Gasteiger partial charge >= 0.3 is 0 Å². The molecule has 0 saturated carbocycles. The zero-order chi connectivity index (χ0) is 11.8. The third kappa shape index (κ3) is 5.50. The maximum atomic E-state index is 11.3. The Morgan fingerprint density at radius 2 is 1.93 bits per heavy atom. The number of carbonyl (C=O) groups excluding carboxylic acids is 2. The molecular formula is C8H16N4O3. The first kappa shape index (κ1) is 13.2. The van der Waals surface area contributed by atoms with Crippen LogP contribution in [0.25, 0.3) is 0 Å². The summed E-state index contributed by atoms with van der Waals surface area (Å²) in [5.41, 5.74) is 5.24. The smallest absolute Gasteiger partial charge is 0.230 e. The molecule has 0 rings (SSSR count). The van der Waals surface area contributed by atoms with E-state index in [0.29, 0.717) is 13.1 Å². The number of amidine groups is 1. The lowest BCUT2D eigenvalue weighted by atomic mass is 10.1. The predicted octanol–water partition coefficient (Wildman–Crippen LogP) is -1.38. The van der Waals surface area contributed by atoms with E-state index in [1.54, 1.807) is 0 Å². The molecule has 0 radical (unpaired) electrons. The number of oxime groups is 1. The van der Waals surface area contributed by atoms with Crippen molar-refractivity contribution in [1.29, 1.82) is 0 Å². The van der Waals surface area contributed by atoms with E-state index in [1.165, 1.54) is 13.8 Å². The zero-order valence-corrected chi connectivity index (χ0v) is 8.78. The Morgan fingerprint density at radius 3 is 2.40 bits per heavy atom. The fourth-order valence-corrected chi connectivity index (χ4v) is 0.798. The molecular weight excluding hydrogens is 200 g/mol. The highest BCUT2D eigenvalue weighted by Gasteiger charge is 2.16. The second kappa shape index (κ2) is 6.63. The summed E-state index contributed by atoms with van der Waals surface area (Å²) in [6, 6.07) is 0. The minimum absolute atomic E-state index is 0.146. The van der Waals surface area contributed by atoms with Crippen molar-refractivity contribution in [2.75, 3.05) is 13.1 Å². The average molecular weight is 216 g/mol. The Morgan fingerprint density at radius 1 is 1.40 bits per heavy atom. The third-order valence-corrected chi connectivity index (χ3v) is 1.75. The molecule has 0 bridgehead atoms. The molecule has 0 aromatic heterocycles. The second-order valence-corrected chi connectivity index (χ2v) is 3.02. The number of carbonyl (C=O) groups is 2. The van der Waals surface area contributed by atoms with Crippen molar-refractivity contribution in [2.24, 2.45) is 16.8 Å². The van der Waals surface area contributed by atoms with Gasteiger partial charge in [0.2, 0.25) is 11.8 Å². The van der Waals surface area contributed by atoms with Gasteiger partial charge in [-0.25, -0.2) is 0 Å². The van der Waals surface area contributed by atoms with Crippen LogP contribution in [0.3, 0.4) is 0 Å². The van der Waals surface area contributed by atoms with E-state index >= 15 is 0 Å². The van der Waals surface area contributed by atoms with Gasteiger partial charge < -0.3 is 21.6 Å². The Labute approximate surface area is 87.7 Å². The van der Waals surface area contributed by atoms with E-state index in [4.69, 9.17) is 10.9 Å². The van der Waals surface area contributed by atoms with Gasteiger partial charge in [0.1, 0.15) is 0 Å². The van der Waals surface area contributed by atoms with E-state index in [9.17, 15) is 9.59 Å². The molecule has 5 N–H and O–H groups in total. The van der Waals surface area contributed by atoms with Crippen LogP contribution in [0.1, 0.15) is 13.8 Å². The molecule has 0 aliphatic heterocycles. The first-order valence-electron chi connectivity index (χ1n) is 4.48. The molecule has 0 aromatic carbocycles. The van der Waals surface area contributed by atoms with Gasteiger partial charge in [-0.05, 0) is 6.92 Å². The van der Waals surface area contributed by atoms with Crippen LogP contribution < -0.4 is 16.4 Å². The molecule has 0 aliphatic carbocycles. The van der Waals surface area contributed by atoms with Crippen molar-refractivity contribution in [1.82, 2.24) is 10.6 Å². The standard InChI is InChI=1S/C8H16N4O3/c1-5(7(9)12-15)8(14)11-4-3-10-6(2)13/h5,15H,3-4H2,1-2H3,(H2,9,12)(H,10,13)(H,11,14). The monoisotopic (exact) mass is 216 g/mol. The Kier molecular flexibility index (Phi) is 5.84. The Balaban J connectivity index is 3.79. The lowest BCUT2D eigenvalue weighted by Gasteiger charge is -2.10. The molecule has 2 amide bonds. The highest BCUT2D eigenvalue weighted by molar-refractivity contribution is 6.01. The lowest BCUT2D eigenvalue weighted by molar-refractivity contribution is -0.123. The largest absolute Gasteiger partial charge is 0.409 e. The van der Waals surface area contributed by atoms with Gasteiger partial charge in [-0.15, -0.1) is 0 Å². The summed E-state index contributed by atoms with van der Waals surface area (Å²) in [5, 5.41) is 16.1. The van der Waals surface area contributed by atoms with Crippen molar-refractivity contribution in [3.05, 3.63) is 0 Å². The van der Waals surface area contributed by atoms with Crippen LogP contribution in [-0.4, -0.2) is 35.9 Å². The molecule has 1 atom stereocenters. The van der Waals surface area contributed by atoms with E-state index in [2.05, 4.69) is 15.8 Å². The van der Waals surface area contributed by atoms with Crippen LogP contribution in [-0.2, 0) is 9.59 Å². The SMILES string of the molecule is CC(=O)NCCNC(=O)C(C)C(N)=NO. The van der Waals surface area contributed by atoms with Crippen molar-refractivity contribution in [3.8, 4) is 0 Å². The number of amides is 2. The van der Waals surface area contributed by atoms with Gasteiger partial charge in [-0.1, -0.05) is 5.16 Å². The zero-order valence-electron chi connectivity index (χ0n) is 8.78. The molecule has 0 spiro atoms. The summed E-state index contributed by atoms with van der Waals surface area (Å²) < 4.78 is 0.